The lowest BCUT2D eigenvalue weighted by Crippen LogP contribution is -2.50. The Bertz CT molecular complexity index is 1190. The topological polar surface area (TPSA) is 76.0 Å². The van der Waals surface area contributed by atoms with Crippen LogP contribution in [0.15, 0.2) is 66.9 Å². The molecule has 2 unspecified atom stereocenters. The van der Waals surface area contributed by atoms with E-state index in [0.717, 1.165) is 16.9 Å². The van der Waals surface area contributed by atoms with E-state index in [1.165, 1.54) is 0 Å². The zero-order valence-electron chi connectivity index (χ0n) is 19.3. The maximum atomic E-state index is 13.5. The van der Waals surface area contributed by atoms with Gasteiger partial charge in [-0.25, -0.2) is 4.79 Å². The number of benzene rings is 2. The van der Waals surface area contributed by atoms with Crippen LogP contribution in [0.2, 0.25) is 0 Å². The van der Waals surface area contributed by atoms with E-state index in [-0.39, 0.29) is 30.4 Å². The van der Waals surface area contributed by atoms with Crippen LogP contribution in [0.5, 0.6) is 11.5 Å². The Morgan fingerprint density at radius 1 is 0.971 bits per heavy atom. The summed E-state index contributed by atoms with van der Waals surface area (Å²) in [5.74, 6) is 1.27. The first-order chi connectivity index (χ1) is 16.6. The molecule has 2 aromatic carbocycles. The highest BCUT2D eigenvalue weighted by Gasteiger charge is 2.36. The Balaban J connectivity index is 1.39. The highest BCUT2D eigenvalue weighted by molar-refractivity contribution is 5.96. The van der Waals surface area contributed by atoms with E-state index in [1.54, 1.807) is 19.1 Å². The van der Waals surface area contributed by atoms with Crippen molar-refractivity contribution in [2.24, 2.45) is 0 Å². The van der Waals surface area contributed by atoms with Crippen LogP contribution in [-0.4, -0.2) is 54.8 Å². The Morgan fingerprint density at radius 3 is 2.53 bits per heavy atom. The van der Waals surface area contributed by atoms with Gasteiger partial charge in [-0.3, -0.25) is 4.79 Å². The van der Waals surface area contributed by atoms with Crippen LogP contribution in [0.25, 0.3) is 0 Å². The second-order valence-corrected chi connectivity index (χ2v) is 8.53. The molecule has 0 bridgehead atoms. The lowest BCUT2D eigenvalue weighted by molar-refractivity contribution is -0.117. The number of para-hydroxylation sites is 1. The number of hydrogen-bond acceptors (Lipinski definition) is 4. The summed E-state index contributed by atoms with van der Waals surface area (Å²) >= 11 is 0. The van der Waals surface area contributed by atoms with Crippen molar-refractivity contribution in [3.05, 3.63) is 78.1 Å². The van der Waals surface area contributed by atoms with E-state index in [0.29, 0.717) is 31.1 Å². The van der Waals surface area contributed by atoms with Crippen molar-refractivity contribution in [1.82, 2.24) is 14.8 Å². The average Bonchev–Trinajstić information content (AvgIpc) is 3.49. The van der Waals surface area contributed by atoms with Crippen LogP contribution >= 0.6 is 0 Å². The van der Waals surface area contributed by atoms with Gasteiger partial charge in [-0.1, -0.05) is 24.3 Å². The highest BCUT2D eigenvalue weighted by atomic mass is 16.5. The number of anilines is 1. The molecule has 1 saturated heterocycles. The van der Waals surface area contributed by atoms with Crippen LogP contribution < -0.4 is 19.7 Å². The molecule has 3 amide bonds. The number of nitrogens with zero attached hydrogens (tertiary/aromatic N) is 3. The molecular formula is C26H28N4O4. The summed E-state index contributed by atoms with van der Waals surface area (Å²) in [7, 11) is 3.20. The SMILES string of the molecule is COc1ccc(C2c3cccn3CCN2C(=O)NC2CC(=O)N(c3ccccc3)C2)cc1OC. The number of fused-ring (bicyclic) bond motifs is 1. The Morgan fingerprint density at radius 2 is 1.76 bits per heavy atom. The molecule has 176 valence electrons. The molecule has 3 heterocycles. The van der Waals surface area contributed by atoms with E-state index in [1.807, 2.05) is 71.8 Å². The van der Waals surface area contributed by atoms with Gasteiger partial charge in [0.2, 0.25) is 5.91 Å². The number of carbonyl (C=O) groups excluding carboxylic acids is 2. The number of methoxy groups -OCH3 is 2. The minimum atomic E-state index is -0.286. The molecule has 2 aliphatic rings. The minimum Gasteiger partial charge on any atom is -0.493 e. The van der Waals surface area contributed by atoms with Crippen molar-refractivity contribution in [1.29, 1.82) is 0 Å². The largest absolute Gasteiger partial charge is 0.493 e. The van der Waals surface area contributed by atoms with Crippen LogP contribution in [0, 0.1) is 0 Å². The predicted molar refractivity (Wildman–Crippen MR) is 128 cm³/mol. The summed E-state index contributed by atoms with van der Waals surface area (Å²) in [6.07, 6.45) is 2.32. The van der Waals surface area contributed by atoms with Crippen LogP contribution in [0.3, 0.4) is 0 Å². The van der Waals surface area contributed by atoms with Crippen LogP contribution in [0.1, 0.15) is 23.7 Å². The molecule has 0 radical (unpaired) electrons. The molecule has 3 aromatic rings. The minimum absolute atomic E-state index is 0.0143. The van der Waals surface area contributed by atoms with Crippen LogP contribution in [-0.2, 0) is 11.3 Å². The molecular weight excluding hydrogens is 432 g/mol. The Labute approximate surface area is 198 Å². The van der Waals surface area contributed by atoms with Crippen molar-refractivity contribution >= 4 is 17.6 Å². The quantitative estimate of drug-likeness (QED) is 0.633. The number of urea groups is 1. The molecule has 8 heteroatoms. The van der Waals surface area contributed by atoms with Gasteiger partial charge in [-0.15, -0.1) is 0 Å². The molecule has 34 heavy (non-hydrogen) atoms. The Kier molecular flexibility index (Phi) is 5.88. The standard InChI is InChI=1S/C26H28N4O4/c1-33-22-11-10-18(15-23(22)34-2)25-21-9-6-12-28(21)13-14-29(25)26(32)27-19-16-24(31)30(17-19)20-7-4-3-5-8-20/h3-12,15,19,25H,13-14,16-17H2,1-2H3,(H,27,32). The van der Waals surface area contributed by atoms with Gasteiger partial charge in [-0.05, 0) is 42.0 Å². The average molecular weight is 461 g/mol. The van der Waals surface area contributed by atoms with Gasteiger partial charge >= 0.3 is 6.03 Å². The van der Waals surface area contributed by atoms with Gasteiger partial charge in [0.15, 0.2) is 11.5 Å². The van der Waals surface area contributed by atoms with E-state index in [2.05, 4.69) is 9.88 Å². The van der Waals surface area contributed by atoms with Crippen molar-refractivity contribution in [2.45, 2.75) is 25.0 Å². The van der Waals surface area contributed by atoms with Crippen molar-refractivity contribution < 1.29 is 19.1 Å². The van der Waals surface area contributed by atoms with Gasteiger partial charge < -0.3 is 29.2 Å². The van der Waals surface area contributed by atoms with Gasteiger partial charge in [-0.2, -0.15) is 0 Å². The first-order valence-electron chi connectivity index (χ1n) is 11.4. The summed E-state index contributed by atoms with van der Waals surface area (Å²) in [5, 5.41) is 3.11. The fourth-order valence-corrected chi connectivity index (χ4v) is 4.90. The third kappa shape index (κ3) is 3.96. The molecule has 1 aromatic heterocycles. The lowest BCUT2D eigenvalue weighted by atomic mass is 9.99. The number of amides is 3. The smallest absolute Gasteiger partial charge is 0.318 e. The van der Waals surface area contributed by atoms with Crippen LogP contribution in [0.4, 0.5) is 10.5 Å². The predicted octanol–water partition coefficient (Wildman–Crippen LogP) is 3.43. The number of ether oxygens (including phenoxy) is 2. The van der Waals surface area contributed by atoms with Gasteiger partial charge in [0.25, 0.3) is 0 Å². The molecule has 1 fully saturated rings. The third-order valence-electron chi connectivity index (χ3n) is 6.54. The van der Waals surface area contributed by atoms with Gasteiger partial charge in [0, 0.05) is 43.6 Å². The fourth-order valence-electron chi connectivity index (χ4n) is 4.90. The number of aromatic nitrogens is 1. The summed E-state index contributed by atoms with van der Waals surface area (Å²) < 4.78 is 13.1. The summed E-state index contributed by atoms with van der Waals surface area (Å²) in [4.78, 5) is 29.7. The van der Waals surface area contributed by atoms with E-state index < -0.39 is 0 Å². The van der Waals surface area contributed by atoms with E-state index >= 15 is 0 Å². The monoisotopic (exact) mass is 460 g/mol. The number of rotatable bonds is 5. The lowest BCUT2D eigenvalue weighted by Gasteiger charge is -2.38. The first-order valence-corrected chi connectivity index (χ1v) is 11.4. The van der Waals surface area contributed by atoms with Gasteiger partial charge in [0.1, 0.15) is 0 Å². The molecule has 0 aliphatic carbocycles. The fraction of sp³-hybridized carbons (Fsp3) is 0.308. The number of nitrogens with one attached hydrogen (secondary N) is 1. The molecule has 5 rings (SSSR count). The van der Waals surface area contributed by atoms with Gasteiger partial charge in [0.05, 0.1) is 26.3 Å². The Hall–Kier alpha value is -3.94. The first kappa shape index (κ1) is 21.9. The second-order valence-electron chi connectivity index (χ2n) is 8.53. The van der Waals surface area contributed by atoms with Crippen molar-refractivity contribution in [3.8, 4) is 11.5 Å². The summed E-state index contributed by atoms with van der Waals surface area (Å²) in [5.41, 5.74) is 2.81. The zero-order valence-corrected chi connectivity index (χ0v) is 19.3. The van der Waals surface area contributed by atoms with E-state index in [9.17, 15) is 9.59 Å². The number of carbonyl (C=O) groups is 2. The molecule has 2 aliphatic heterocycles. The number of hydrogen-bond donors (Lipinski definition) is 1. The third-order valence-corrected chi connectivity index (χ3v) is 6.54. The van der Waals surface area contributed by atoms with Crippen molar-refractivity contribution in [2.75, 3.05) is 32.2 Å². The maximum Gasteiger partial charge on any atom is 0.318 e. The molecule has 1 N–H and O–H groups in total. The molecule has 2 atom stereocenters. The zero-order chi connectivity index (χ0) is 23.7. The summed E-state index contributed by atoms with van der Waals surface area (Å²) in [6.45, 7) is 1.72. The van der Waals surface area contributed by atoms with Crippen molar-refractivity contribution in [3.63, 3.8) is 0 Å². The second kappa shape index (κ2) is 9.13. The van der Waals surface area contributed by atoms with E-state index in [4.69, 9.17) is 9.47 Å². The molecule has 0 saturated carbocycles. The normalized spacial score (nSPS) is 19.6. The maximum absolute atomic E-state index is 13.5. The summed E-state index contributed by atoms with van der Waals surface area (Å²) in [6, 6.07) is 18.6. The molecule has 8 nitrogen and oxygen atoms in total. The highest BCUT2D eigenvalue weighted by Crippen LogP contribution is 2.37. The molecule has 0 spiro atoms.